The number of hydrogen-bond donors (Lipinski definition) is 1. The first-order chi connectivity index (χ1) is 9.84. The third-order valence-electron chi connectivity index (χ3n) is 4.41. The normalized spacial score (nSPS) is 19.4. The van der Waals surface area contributed by atoms with Crippen molar-refractivity contribution >= 4 is 15.9 Å². The summed E-state index contributed by atoms with van der Waals surface area (Å²) in [7, 11) is 1.97. The summed E-state index contributed by atoms with van der Waals surface area (Å²) in [5.41, 5.74) is 1.61. The summed E-state index contributed by atoms with van der Waals surface area (Å²) < 4.78 is 2.99. The van der Waals surface area contributed by atoms with Gasteiger partial charge in [-0.3, -0.25) is 4.68 Å². The largest absolute Gasteiger partial charge is 0.389 e. The number of rotatable bonds is 5. The number of halogens is 1. The van der Waals surface area contributed by atoms with Crippen molar-refractivity contribution in [3.63, 3.8) is 0 Å². The number of aromatic nitrogens is 2. The predicted molar refractivity (Wildman–Crippen MR) is 89.5 cm³/mol. The van der Waals surface area contributed by atoms with Crippen molar-refractivity contribution in [1.29, 1.82) is 0 Å². The van der Waals surface area contributed by atoms with E-state index in [-0.39, 0.29) is 0 Å². The summed E-state index contributed by atoms with van der Waals surface area (Å²) in [5.74, 6) is 0.689. The molecule has 0 bridgehead atoms. The second kappa shape index (κ2) is 6.80. The number of aliphatic hydroxyl groups is 1. The van der Waals surface area contributed by atoms with E-state index in [4.69, 9.17) is 0 Å². The molecular weight excluding hydrogens is 330 g/mol. The van der Waals surface area contributed by atoms with Crippen LogP contribution in [-0.4, -0.2) is 45.0 Å². The van der Waals surface area contributed by atoms with Gasteiger partial charge in [0.15, 0.2) is 0 Å². The maximum atomic E-state index is 10.9. The van der Waals surface area contributed by atoms with Crippen LogP contribution in [-0.2, 0) is 19.9 Å². The molecule has 0 amide bonds. The van der Waals surface area contributed by atoms with E-state index in [1.54, 1.807) is 0 Å². The predicted octanol–water partition coefficient (Wildman–Crippen LogP) is 2.77. The van der Waals surface area contributed by atoms with Crippen LogP contribution in [0.5, 0.6) is 0 Å². The minimum Gasteiger partial charge on any atom is -0.389 e. The van der Waals surface area contributed by atoms with Gasteiger partial charge in [-0.2, -0.15) is 5.10 Å². The van der Waals surface area contributed by atoms with Crippen molar-refractivity contribution in [2.75, 3.05) is 19.6 Å². The van der Waals surface area contributed by atoms with Crippen molar-refractivity contribution < 1.29 is 5.11 Å². The number of piperidine rings is 1. The molecule has 1 aromatic heterocycles. The zero-order valence-corrected chi connectivity index (χ0v) is 15.3. The monoisotopic (exact) mass is 357 g/mol. The van der Waals surface area contributed by atoms with Crippen molar-refractivity contribution in [2.24, 2.45) is 13.0 Å². The number of likely N-dealkylation sites (tertiary alicyclic amines) is 1. The Morgan fingerprint density at radius 1 is 1.33 bits per heavy atom. The van der Waals surface area contributed by atoms with E-state index in [0.717, 1.165) is 54.8 Å². The van der Waals surface area contributed by atoms with Crippen LogP contribution in [0.3, 0.4) is 0 Å². The van der Waals surface area contributed by atoms with Gasteiger partial charge in [0.05, 0.1) is 21.5 Å². The fourth-order valence-electron chi connectivity index (χ4n) is 3.17. The third kappa shape index (κ3) is 4.08. The average molecular weight is 358 g/mol. The smallest absolute Gasteiger partial charge is 0.0766 e. The van der Waals surface area contributed by atoms with Crippen LogP contribution in [0.1, 0.15) is 45.0 Å². The van der Waals surface area contributed by atoms with Gasteiger partial charge in [0.25, 0.3) is 0 Å². The Bertz CT molecular complexity index is 476. The number of aryl methyl sites for hydroxylation is 2. The molecule has 5 heteroatoms. The summed E-state index contributed by atoms with van der Waals surface area (Å²) in [5, 5.41) is 15.4. The quantitative estimate of drug-likeness (QED) is 0.880. The molecule has 21 heavy (non-hydrogen) atoms. The number of hydrogen-bond acceptors (Lipinski definition) is 3. The molecule has 1 saturated heterocycles. The Kier molecular flexibility index (Phi) is 5.49. The highest BCUT2D eigenvalue weighted by atomic mass is 79.9. The van der Waals surface area contributed by atoms with Crippen molar-refractivity contribution in [3.05, 3.63) is 15.9 Å². The van der Waals surface area contributed by atoms with Gasteiger partial charge in [-0.05, 0) is 41.1 Å². The molecule has 1 aliphatic heterocycles. The van der Waals surface area contributed by atoms with Gasteiger partial charge in [0.1, 0.15) is 0 Å². The van der Waals surface area contributed by atoms with E-state index in [2.05, 4.69) is 46.7 Å². The lowest BCUT2D eigenvalue weighted by Gasteiger charge is -2.39. The molecule has 1 fully saturated rings. The Balaban J connectivity index is 2.02. The van der Waals surface area contributed by atoms with Gasteiger partial charge in [-0.15, -0.1) is 0 Å². The Morgan fingerprint density at radius 3 is 2.43 bits per heavy atom. The van der Waals surface area contributed by atoms with Crippen LogP contribution in [0.25, 0.3) is 0 Å². The maximum Gasteiger partial charge on any atom is 0.0766 e. The SMILES string of the molecule is CCc1nn(C)c(CC2(O)CCN(CC(C)C)CC2)c1Br. The van der Waals surface area contributed by atoms with Crippen LogP contribution in [0.15, 0.2) is 4.47 Å². The van der Waals surface area contributed by atoms with Crippen LogP contribution < -0.4 is 0 Å². The van der Waals surface area contributed by atoms with Crippen LogP contribution in [0, 0.1) is 5.92 Å². The molecule has 0 unspecified atom stereocenters. The van der Waals surface area contributed by atoms with E-state index in [0.29, 0.717) is 12.3 Å². The number of nitrogens with zero attached hydrogens (tertiary/aromatic N) is 3. The molecule has 0 spiro atoms. The second-order valence-electron chi connectivity index (χ2n) is 6.78. The van der Waals surface area contributed by atoms with Crippen molar-refractivity contribution in [1.82, 2.24) is 14.7 Å². The van der Waals surface area contributed by atoms with E-state index in [9.17, 15) is 5.11 Å². The summed E-state index contributed by atoms with van der Waals surface area (Å²) in [4.78, 5) is 2.47. The molecule has 4 nitrogen and oxygen atoms in total. The van der Waals surface area contributed by atoms with E-state index < -0.39 is 5.60 Å². The molecule has 0 atom stereocenters. The van der Waals surface area contributed by atoms with E-state index in [1.807, 2.05) is 11.7 Å². The van der Waals surface area contributed by atoms with Gasteiger partial charge in [0.2, 0.25) is 0 Å². The first kappa shape index (κ1) is 17.0. The highest BCUT2D eigenvalue weighted by Crippen LogP contribution is 2.31. The molecule has 0 aromatic carbocycles. The lowest BCUT2D eigenvalue weighted by molar-refractivity contribution is -0.0240. The zero-order chi connectivity index (χ0) is 15.6. The molecular formula is C16H28BrN3O. The Labute approximate surface area is 136 Å². The summed E-state index contributed by atoms with van der Waals surface area (Å²) in [6, 6.07) is 0. The van der Waals surface area contributed by atoms with Gasteiger partial charge in [-0.1, -0.05) is 20.8 Å². The van der Waals surface area contributed by atoms with Crippen LogP contribution in [0.4, 0.5) is 0 Å². The summed E-state index contributed by atoms with van der Waals surface area (Å²) >= 11 is 3.65. The minimum atomic E-state index is -0.588. The summed E-state index contributed by atoms with van der Waals surface area (Å²) in [6.45, 7) is 9.72. The summed E-state index contributed by atoms with van der Waals surface area (Å²) in [6.07, 6.45) is 3.29. The molecule has 0 radical (unpaired) electrons. The molecule has 2 heterocycles. The first-order valence-corrected chi connectivity index (χ1v) is 8.79. The Morgan fingerprint density at radius 2 is 1.95 bits per heavy atom. The van der Waals surface area contributed by atoms with Crippen LogP contribution >= 0.6 is 15.9 Å². The lowest BCUT2D eigenvalue weighted by atomic mass is 9.86. The van der Waals surface area contributed by atoms with Crippen LogP contribution in [0.2, 0.25) is 0 Å². The fraction of sp³-hybridized carbons (Fsp3) is 0.812. The van der Waals surface area contributed by atoms with E-state index in [1.165, 1.54) is 0 Å². The average Bonchev–Trinajstić information content (AvgIpc) is 2.68. The van der Waals surface area contributed by atoms with Gasteiger partial charge >= 0.3 is 0 Å². The first-order valence-electron chi connectivity index (χ1n) is 7.99. The molecule has 1 aromatic rings. The third-order valence-corrected chi connectivity index (χ3v) is 5.32. The zero-order valence-electron chi connectivity index (χ0n) is 13.7. The standard InChI is InChI=1S/C16H28BrN3O/c1-5-13-15(17)14(19(4)18-13)10-16(21)6-8-20(9-7-16)11-12(2)3/h12,21H,5-11H2,1-4H3. The second-order valence-corrected chi connectivity index (χ2v) is 7.57. The minimum absolute atomic E-state index is 0.588. The Hall–Kier alpha value is -0.390. The van der Waals surface area contributed by atoms with Crippen molar-refractivity contribution in [3.8, 4) is 0 Å². The van der Waals surface area contributed by atoms with Gasteiger partial charge in [-0.25, -0.2) is 0 Å². The fourth-order valence-corrected chi connectivity index (χ4v) is 3.93. The highest BCUT2D eigenvalue weighted by Gasteiger charge is 2.34. The molecule has 1 N–H and O–H groups in total. The molecule has 1 aliphatic rings. The molecule has 0 aliphatic carbocycles. The molecule has 120 valence electrons. The highest BCUT2D eigenvalue weighted by molar-refractivity contribution is 9.10. The van der Waals surface area contributed by atoms with Crippen molar-refractivity contribution in [2.45, 2.75) is 52.1 Å². The van der Waals surface area contributed by atoms with Gasteiger partial charge < -0.3 is 10.0 Å². The maximum absolute atomic E-state index is 10.9. The lowest BCUT2D eigenvalue weighted by Crippen LogP contribution is -2.46. The topological polar surface area (TPSA) is 41.3 Å². The molecule has 2 rings (SSSR count). The molecule has 0 saturated carbocycles. The van der Waals surface area contributed by atoms with Gasteiger partial charge in [0, 0.05) is 33.1 Å². The van der Waals surface area contributed by atoms with E-state index >= 15 is 0 Å².